The molecule has 0 spiro atoms. The Hall–Kier alpha value is -0.660. The largest absolute Gasteiger partial charge is 0.386 e. The van der Waals surface area contributed by atoms with Gasteiger partial charge in [0.1, 0.15) is 6.10 Å². The highest BCUT2D eigenvalue weighted by molar-refractivity contribution is 7.16. The highest BCUT2D eigenvalue weighted by Gasteiger charge is 2.35. The Balaban J connectivity index is 1.86. The number of hydrogen-bond donors (Lipinski definition) is 3. The number of nitrogens with two attached hydrogens (primary N) is 1. The average Bonchev–Trinajstić information content (AvgIpc) is 2.83. The zero-order valence-electron chi connectivity index (χ0n) is 10.4. The number of nitrogens with one attached hydrogen (secondary N) is 1. The second-order valence-corrected chi connectivity index (χ2v) is 6.38. The van der Waals surface area contributed by atoms with Crippen molar-refractivity contribution in [3.63, 3.8) is 0 Å². The van der Waals surface area contributed by atoms with Gasteiger partial charge in [0, 0.05) is 24.6 Å². The molecule has 5 nitrogen and oxygen atoms in total. The number of aliphatic hydroxyl groups is 1. The van der Waals surface area contributed by atoms with Gasteiger partial charge in [-0.15, -0.1) is 11.3 Å². The van der Waals surface area contributed by atoms with Crippen molar-refractivity contribution >= 4 is 28.8 Å². The maximum atomic E-state index is 12.0. The van der Waals surface area contributed by atoms with Crippen molar-refractivity contribution in [3.8, 4) is 0 Å². The maximum absolute atomic E-state index is 12.0. The zero-order valence-corrected chi connectivity index (χ0v) is 12.0. The summed E-state index contributed by atoms with van der Waals surface area (Å²) < 4.78 is 5.80. The standard InChI is InChI=1S/C12H17ClN2O3S/c13-10-2-1-9(19-10)8(16)7-15-11(17)12(14)3-5-18-6-4-12/h1-2,8,16H,3-7,14H2,(H,15,17). The van der Waals surface area contributed by atoms with Gasteiger partial charge in [-0.25, -0.2) is 0 Å². The molecule has 0 aromatic carbocycles. The van der Waals surface area contributed by atoms with Gasteiger partial charge >= 0.3 is 0 Å². The van der Waals surface area contributed by atoms with E-state index in [1.165, 1.54) is 11.3 Å². The fourth-order valence-corrected chi connectivity index (χ4v) is 2.98. The summed E-state index contributed by atoms with van der Waals surface area (Å²) in [5.41, 5.74) is 5.16. The summed E-state index contributed by atoms with van der Waals surface area (Å²) in [6.07, 6.45) is 0.240. The minimum Gasteiger partial charge on any atom is -0.386 e. The molecule has 1 saturated heterocycles. The van der Waals surface area contributed by atoms with Crippen LogP contribution in [0.4, 0.5) is 0 Å². The van der Waals surface area contributed by atoms with Crippen LogP contribution in [0.2, 0.25) is 4.34 Å². The quantitative estimate of drug-likeness (QED) is 0.776. The van der Waals surface area contributed by atoms with Crippen molar-refractivity contribution < 1.29 is 14.6 Å². The summed E-state index contributed by atoms with van der Waals surface area (Å²) in [4.78, 5) is 12.8. The number of aliphatic hydroxyl groups excluding tert-OH is 1. The number of halogens is 1. The lowest BCUT2D eigenvalue weighted by Crippen LogP contribution is -2.57. The van der Waals surface area contributed by atoms with Gasteiger partial charge in [-0.2, -0.15) is 0 Å². The maximum Gasteiger partial charge on any atom is 0.240 e. The van der Waals surface area contributed by atoms with Crippen molar-refractivity contribution in [3.05, 3.63) is 21.3 Å². The number of rotatable bonds is 4. The van der Waals surface area contributed by atoms with Gasteiger partial charge in [-0.1, -0.05) is 11.6 Å². The Kier molecular flexibility index (Phi) is 4.81. The second kappa shape index (κ2) is 6.19. The zero-order chi connectivity index (χ0) is 13.9. The van der Waals surface area contributed by atoms with Crippen LogP contribution in [0.15, 0.2) is 12.1 Å². The van der Waals surface area contributed by atoms with Crippen LogP contribution in [-0.2, 0) is 9.53 Å². The van der Waals surface area contributed by atoms with E-state index >= 15 is 0 Å². The molecule has 0 bridgehead atoms. The first kappa shape index (κ1) is 14.7. The average molecular weight is 305 g/mol. The first-order valence-corrected chi connectivity index (χ1v) is 7.29. The normalized spacial score (nSPS) is 19.9. The first-order chi connectivity index (χ1) is 9.01. The van der Waals surface area contributed by atoms with Crippen molar-refractivity contribution in [2.24, 2.45) is 5.73 Å². The van der Waals surface area contributed by atoms with Crippen LogP contribution < -0.4 is 11.1 Å². The Labute approximate surface area is 120 Å². The molecule has 4 N–H and O–H groups in total. The molecule has 0 aliphatic carbocycles. The number of carbonyl (C=O) groups excluding carboxylic acids is 1. The highest BCUT2D eigenvalue weighted by Crippen LogP contribution is 2.26. The van der Waals surface area contributed by atoms with Crippen LogP contribution in [-0.4, -0.2) is 36.3 Å². The Morgan fingerprint density at radius 2 is 2.26 bits per heavy atom. The lowest BCUT2D eigenvalue weighted by molar-refractivity contribution is -0.130. The number of carbonyl (C=O) groups is 1. The van der Waals surface area contributed by atoms with Crippen LogP contribution in [0.3, 0.4) is 0 Å². The molecule has 2 heterocycles. The molecule has 19 heavy (non-hydrogen) atoms. The van der Waals surface area contributed by atoms with Gasteiger partial charge < -0.3 is 20.9 Å². The predicted octanol–water partition coefficient (Wildman–Crippen LogP) is 1.06. The number of thiophene rings is 1. The van der Waals surface area contributed by atoms with E-state index in [4.69, 9.17) is 22.1 Å². The molecule has 7 heteroatoms. The monoisotopic (exact) mass is 304 g/mol. The Morgan fingerprint density at radius 3 is 2.84 bits per heavy atom. The minimum atomic E-state index is -0.884. The molecule has 1 unspecified atom stereocenters. The van der Waals surface area contributed by atoms with Crippen LogP contribution >= 0.6 is 22.9 Å². The van der Waals surface area contributed by atoms with Gasteiger partial charge in [0.15, 0.2) is 0 Å². The molecule has 1 aliphatic heterocycles. The van der Waals surface area contributed by atoms with Crippen molar-refractivity contribution in [2.75, 3.05) is 19.8 Å². The molecule has 1 amide bonds. The van der Waals surface area contributed by atoms with E-state index in [0.717, 1.165) is 4.88 Å². The van der Waals surface area contributed by atoms with Gasteiger partial charge in [0.2, 0.25) is 5.91 Å². The molecule has 0 radical (unpaired) electrons. The lowest BCUT2D eigenvalue weighted by Gasteiger charge is -2.32. The molecule has 1 aromatic rings. The van der Waals surface area contributed by atoms with E-state index in [1.807, 2.05) is 0 Å². The Morgan fingerprint density at radius 1 is 1.58 bits per heavy atom. The van der Waals surface area contributed by atoms with Gasteiger partial charge in [0.25, 0.3) is 0 Å². The van der Waals surface area contributed by atoms with E-state index in [0.29, 0.717) is 30.4 Å². The molecule has 1 fully saturated rings. The summed E-state index contributed by atoms with van der Waals surface area (Å²) in [6.45, 7) is 1.12. The van der Waals surface area contributed by atoms with Crippen molar-refractivity contribution in [2.45, 2.75) is 24.5 Å². The summed E-state index contributed by atoms with van der Waals surface area (Å²) in [5, 5.41) is 12.6. The third-order valence-electron chi connectivity index (χ3n) is 3.22. The van der Waals surface area contributed by atoms with Gasteiger partial charge in [-0.3, -0.25) is 4.79 Å². The SMILES string of the molecule is NC1(C(=O)NCC(O)c2ccc(Cl)s2)CCOCC1. The Bertz CT molecular complexity index is 446. The van der Waals surface area contributed by atoms with Gasteiger partial charge in [0.05, 0.1) is 9.88 Å². The first-order valence-electron chi connectivity index (χ1n) is 6.09. The smallest absolute Gasteiger partial charge is 0.240 e. The van der Waals surface area contributed by atoms with Crippen LogP contribution in [0.5, 0.6) is 0 Å². The van der Waals surface area contributed by atoms with E-state index in [-0.39, 0.29) is 12.5 Å². The summed E-state index contributed by atoms with van der Waals surface area (Å²) in [5.74, 6) is -0.238. The van der Waals surface area contributed by atoms with Crippen molar-refractivity contribution in [1.82, 2.24) is 5.32 Å². The van der Waals surface area contributed by atoms with Gasteiger partial charge in [-0.05, 0) is 25.0 Å². The van der Waals surface area contributed by atoms with E-state index in [2.05, 4.69) is 5.32 Å². The second-order valence-electron chi connectivity index (χ2n) is 4.64. The molecular weight excluding hydrogens is 288 g/mol. The molecule has 106 valence electrons. The molecule has 2 rings (SSSR count). The van der Waals surface area contributed by atoms with E-state index in [9.17, 15) is 9.90 Å². The third kappa shape index (κ3) is 3.67. The molecule has 0 saturated carbocycles. The summed E-state index contributed by atoms with van der Waals surface area (Å²) >= 11 is 7.09. The predicted molar refractivity (Wildman–Crippen MR) is 74.3 cm³/mol. The highest BCUT2D eigenvalue weighted by atomic mass is 35.5. The van der Waals surface area contributed by atoms with E-state index < -0.39 is 11.6 Å². The summed E-state index contributed by atoms with van der Waals surface area (Å²) in [6, 6.07) is 3.46. The fourth-order valence-electron chi connectivity index (χ4n) is 1.94. The number of amides is 1. The topological polar surface area (TPSA) is 84.6 Å². The number of hydrogen-bond acceptors (Lipinski definition) is 5. The molecule has 1 atom stereocenters. The molecule has 1 aromatic heterocycles. The minimum absolute atomic E-state index is 0.134. The molecular formula is C12H17ClN2O3S. The van der Waals surface area contributed by atoms with Crippen LogP contribution in [0, 0.1) is 0 Å². The third-order valence-corrected chi connectivity index (χ3v) is 4.55. The lowest BCUT2D eigenvalue weighted by atomic mass is 9.90. The summed E-state index contributed by atoms with van der Waals surface area (Å²) in [7, 11) is 0. The van der Waals surface area contributed by atoms with E-state index in [1.54, 1.807) is 12.1 Å². The van der Waals surface area contributed by atoms with Crippen LogP contribution in [0.25, 0.3) is 0 Å². The number of ether oxygens (including phenoxy) is 1. The van der Waals surface area contributed by atoms with Crippen molar-refractivity contribution in [1.29, 1.82) is 0 Å². The fraction of sp³-hybridized carbons (Fsp3) is 0.583. The van der Waals surface area contributed by atoms with Crippen LogP contribution in [0.1, 0.15) is 23.8 Å². The molecule has 1 aliphatic rings.